The summed E-state index contributed by atoms with van der Waals surface area (Å²) in [5.41, 5.74) is 0.282. The number of rotatable bonds is 4. The predicted molar refractivity (Wildman–Crippen MR) is 81.3 cm³/mol. The van der Waals surface area contributed by atoms with E-state index in [0.717, 1.165) is 0 Å². The maximum atomic E-state index is 12.0. The van der Waals surface area contributed by atoms with E-state index in [1.165, 1.54) is 6.20 Å². The van der Waals surface area contributed by atoms with E-state index in [1.807, 2.05) is 0 Å². The van der Waals surface area contributed by atoms with Crippen molar-refractivity contribution in [1.29, 1.82) is 0 Å². The first-order chi connectivity index (χ1) is 10.1. The molecule has 1 N–H and O–H groups in total. The highest BCUT2D eigenvalue weighted by molar-refractivity contribution is 9.10. The molecule has 1 saturated heterocycles. The van der Waals surface area contributed by atoms with Crippen LogP contribution in [-0.4, -0.2) is 54.5 Å². The molecule has 0 saturated carbocycles. The van der Waals surface area contributed by atoms with Crippen LogP contribution in [0, 0.1) is 0 Å². The molecule has 0 aromatic carbocycles. The number of carbonyl (C=O) groups is 2. The van der Waals surface area contributed by atoms with Gasteiger partial charge in [0.1, 0.15) is 5.15 Å². The minimum atomic E-state index is -0.344. The van der Waals surface area contributed by atoms with Crippen molar-refractivity contribution >= 4 is 39.3 Å². The Morgan fingerprint density at radius 3 is 2.86 bits per heavy atom. The second kappa shape index (κ2) is 7.72. The lowest BCUT2D eigenvalue weighted by Crippen LogP contribution is -2.42. The van der Waals surface area contributed by atoms with Gasteiger partial charge in [0.2, 0.25) is 5.91 Å². The third-order valence-electron chi connectivity index (χ3n) is 3.04. The third kappa shape index (κ3) is 4.66. The van der Waals surface area contributed by atoms with Crippen molar-refractivity contribution in [3.8, 4) is 0 Å². The molecule has 1 aliphatic rings. The van der Waals surface area contributed by atoms with Crippen LogP contribution in [0.15, 0.2) is 16.7 Å². The number of aromatic nitrogens is 1. The summed E-state index contributed by atoms with van der Waals surface area (Å²) < 4.78 is 5.85. The first-order valence-corrected chi connectivity index (χ1v) is 7.70. The van der Waals surface area contributed by atoms with Crippen LogP contribution in [0.1, 0.15) is 16.8 Å². The largest absolute Gasteiger partial charge is 0.378 e. The minimum Gasteiger partial charge on any atom is -0.378 e. The fourth-order valence-corrected chi connectivity index (χ4v) is 2.45. The zero-order chi connectivity index (χ0) is 15.2. The molecule has 0 radical (unpaired) electrons. The van der Waals surface area contributed by atoms with Crippen LogP contribution in [0.4, 0.5) is 0 Å². The highest BCUT2D eigenvalue weighted by Crippen LogP contribution is 2.17. The van der Waals surface area contributed by atoms with E-state index in [4.69, 9.17) is 16.3 Å². The summed E-state index contributed by atoms with van der Waals surface area (Å²) in [6.45, 7) is 2.61. The molecule has 1 aromatic heterocycles. The zero-order valence-electron chi connectivity index (χ0n) is 11.3. The summed E-state index contributed by atoms with van der Waals surface area (Å²) in [5, 5.41) is 2.81. The molecular formula is C13H15BrClN3O3. The van der Waals surface area contributed by atoms with Crippen LogP contribution in [0.2, 0.25) is 5.15 Å². The van der Waals surface area contributed by atoms with Gasteiger partial charge in [-0.3, -0.25) is 9.59 Å². The number of amides is 2. The first-order valence-electron chi connectivity index (χ1n) is 6.52. The molecule has 1 fully saturated rings. The highest BCUT2D eigenvalue weighted by atomic mass is 79.9. The van der Waals surface area contributed by atoms with Crippen molar-refractivity contribution in [2.45, 2.75) is 6.42 Å². The molecule has 2 amide bonds. The quantitative estimate of drug-likeness (QED) is 0.808. The Bertz CT molecular complexity index is 535. The maximum absolute atomic E-state index is 12.0. The Labute approximate surface area is 135 Å². The third-order valence-corrected chi connectivity index (χ3v) is 3.77. The number of halogens is 2. The van der Waals surface area contributed by atoms with Gasteiger partial charge in [0.15, 0.2) is 0 Å². The van der Waals surface area contributed by atoms with Crippen molar-refractivity contribution < 1.29 is 14.3 Å². The molecule has 6 nitrogen and oxygen atoms in total. The van der Waals surface area contributed by atoms with E-state index in [0.29, 0.717) is 30.8 Å². The fourth-order valence-electron chi connectivity index (χ4n) is 1.93. The van der Waals surface area contributed by atoms with Gasteiger partial charge in [-0.2, -0.15) is 0 Å². The fraction of sp³-hybridized carbons (Fsp3) is 0.462. The summed E-state index contributed by atoms with van der Waals surface area (Å²) in [4.78, 5) is 29.5. The number of ether oxygens (including phenoxy) is 1. The summed E-state index contributed by atoms with van der Waals surface area (Å²) in [5.74, 6) is -0.333. The Morgan fingerprint density at radius 1 is 1.43 bits per heavy atom. The lowest BCUT2D eigenvalue weighted by atomic mass is 10.2. The van der Waals surface area contributed by atoms with E-state index in [1.54, 1.807) is 11.0 Å². The standard InChI is InChI=1S/C13H15BrClN3O3/c14-9-7-10(12(15)17-8-9)13(20)16-2-1-11(19)18-3-5-21-6-4-18/h7-8H,1-6H2,(H,16,20). The van der Waals surface area contributed by atoms with Crippen LogP contribution in [0.3, 0.4) is 0 Å². The Kier molecular flexibility index (Phi) is 5.96. The molecule has 8 heteroatoms. The number of carbonyl (C=O) groups excluding carboxylic acids is 2. The number of pyridine rings is 1. The first kappa shape index (κ1) is 16.2. The average Bonchev–Trinajstić information content (AvgIpc) is 2.50. The van der Waals surface area contributed by atoms with Crippen LogP contribution in [0.25, 0.3) is 0 Å². The maximum Gasteiger partial charge on any atom is 0.254 e. The summed E-state index contributed by atoms with van der Waals surface area (Å²) in [6.07, 6.45) is 1.77. The lowest BCUT2D eigenvalue weighted by Gasteiger charge is -2.26. The van der Waals surface area contributed by atoms with Gasteiger partial charge >= 0.3 is 0 Å². The van der Waals surface area contributed by atoms with Gasteiger partial charge in [-0.05, 0) is 22.0 Å². The molecule has 0 spiro atoms. The van der Waals surface area contributed by atoms with Crippen molar-refractivity contribution in [1.82, 2.24) is 15.2 Å². The zero-order valence-corrected chi connectivity index (χ0v) is 13.6. The molecule has 2 rings (SSSR count). The summed E-state index contributed by atoms with van der Waals surface area (Å²) in [7, 11) is 0. The molecule has 114 valence electrons. The van der Waals surface area contributed by atoms with E-state index in [9.17, 15) is 9.59 Å². The van der Waals surface area contributed by atoms with Crippen molar-refractivity contribution in [3.05, 3.63) is 27.5 Å². The van der Waals surface area contributed by atoms with Crippen molar-refractivity contribution in [2.24, 2.45) is 0 Å². The monoisotopic (exact) mass is 375 g/mol. The minimum absolute atomic E-state index is 0.0112. The average molecular weight is 377 g/mol. The Hall–Kier alpha value is -1.18. The van der Waals surface area contributed by atoms with Gasteiger partial charge in [0.25, 0.3) is 5.91 Å². The molecule has 0 atom stereocenters. The number of hydrogen-bond donors (Lipinski definition) is 1. The molecule has 2 heterocycles. The summed E-state index contributed by atoms with van der Waals surface area (Å²) >= 11 is 9.11. The van der Waals surface area contributed by atoms with Gasteiger partial charge in [-0.1, -0.05) is 11.6 Å². The molecule has 0 unspecified atom stereocenters. The molecule has 21 heavy (non-hydrogen) atoms. The molecule has 1 aromatic rings. The molecular weight excluding hydrogens is 362 g/mol. The van der Waals surface area contributed by atoms with Gasteiger partial charge in [0.05, 0.1) is 18.8 Å². The molecule has 1 aliphatic heterocycles. The van der Waals surface area contributed by atoms with Gasteiger partial charge < -0.3 is 15.0 Å². The predicted octanol–water partition coefficient (Wildman–Crippen LogP) is 1.48. The van der Waals surface area contributed by atoms with Gasteiger partial charge in [-0.25, -0.2) is 4.98 Å². The van der Waals surface area contributed by atoms with Crippen molar-refractivity contribution in [2.75, 3.05) is 32.8 Å². The summed E-state index contributed by atoms with van der Waals surface area (Å²) in [6, 6.07) is 1.59. The van der Waals surface area contributed by atoms with Crippen LogP contribution < -0.4 is 5.32 Å². The SMILES string of the molecule is O=C(NCCC(=O)N1CCOCC1)c1cc(Br)cnc1Cl. The van der Waals surface area contributed by atoms with Crippen LogP contribution in [0.5, 0.6) is 0 Å². The number of hydrogen-bond acceptors (Lipinski definition) is 4. The normalized spacial score (nSPS) is 14.9. The number of nitrogens with zero attached hydrogens (tertiary/aromatic N) is 2. The topological polar surface area (TPSA) is 71.5 Å². The Balaban J connectivity index is 1.81. The van der Waals surface area contributed by atoms with Crippen molar-refractivity contribution in [3.63, 3.8) is 0 Å². The van der Waals surface area contributed by atoms with Gasteiger partial charge in [-0.15, -0.1) is 0 Å². The van der Waals surface area contributed by atoms with E-state index in [2.05, 4.69) is 26.2 Å². The molecule has 0 bridgehead atoms. The number of nitrogens with one attached hydrogen (secondary N) is 1. The second-order valence-corrected chi connectivity index (χ2v) is 5.76. The lowest BCUT2D eigenvalue weighted by molar-refractivity contribution is -0.135. The Morgan fingerprint density at radius 2 is 2.14 bits per heavy atom. The van der Waals surface area contributed by atoms with Crippen LogP contribution in [-0.2, 0) is 9.53 Å². The van der Waals surface area contributed by atoms with Crippen LogP contribution >= 0.6 is 27.5 Å². The second-order valence-electron chi connectivity index (χ2n) is 4.49. The number of morpholine rings is 1. The smallest absolute Gasteiger partial charge is 0.254 e. The highest BCUT2D eigenvalue weighted by Gasteiger charge is 2.17. The van der Waals surface area contributed by atoms with E-state index >= 15 is 0 Å². The van der Waals surface area contributed by atoms with Gasteiger partial charge in [0, 0.05) is 36.7 Å². The molecule has 0 aliphatic carbocycles. The van der Waals surface area contributed by atoms with E-state index in [-0.39, 0.29) is 35.5 Å². The van der Waals surface area contributed by atoms with E-state index < -0.39 is 0 Å².